The number of aromatic nitrogens is 1. The van der Waals surface area contributed by atoms with Crippen molar-refractivity contribution in [1.29, 1.82) is 0 Å². The van der Waals surface area contributed by atoms with Crippen LogP contribution >= 0.6 is 15.9 Å². The fourth-order valence-corrected chi connectivity index (χ4v) is 2.65. The van der Waals surface area contributed by atoms with Gasteiger partial charge in [-0.15, -0.1) is 13.2 Å². The second-order valence-electron chi connectivity index (χ2n) is 5.59. The summed E-state index contributed by atoms with van der Waals surface area (Å²) in [6, 6.07) is 8.40. The summed E-state index contributed by atoms with van der Waals surface area (Å²) in [6.07, 6.45) is -2.39. The summed E-state index contributed by atoms with van der Waals surface area (Å²) in [7, 11) is 0. The van der Waals surface area contributed by atoms with Crippen LogP contribution in [-0.2, 0) is 0 Å². The molecule has 0 unspecified atom stereocenters. The molecule has 1 amide bonds. The summed E-state index contributed by atoms with van der Waals surface area (Å²) in [4.78, 5) is 12.5. The van der Waals surface area contributed by atoms with Gasteiger partial charge >= 0.3 is 6.36 Å². The number of nitrogens with one attached hydrogen (secondary N) is 1. The number of benzene rings is 2. The van der Waals surface area contributed by atoms with Crippen LogP contribution in [0, 0.1) is 5.82 Å². The predicted molar refractivity (Wildman–Crippen MR) is 96.9 cm³/mol. The van der Waals surface area contributed by atoms with Crippen LogP contribution in [0.1, 0.15) is 10.4 Å². The van der Waals surface area contributed by atoms with Gasteiger partial charge in [-0.25, -0.2) is 4.39 Å². The summed E-state index contributed by atoms with van der Waals surface area (Å²) in [5.41, 5.74) is -0.239. The fourth-order valence-electron chi connectivity index (χ4n) is 2.32. The molecule has 0 aliphatic heterocycles. The van der Waals surface area contributed by atoms with Crippen molar-refractivity contribution in [2.75, 3.05) is 5.32 Å². The van der Waals surface area contributed by atoms with Crippen molar-refractivity contribution in [2.45, 2.75) is 6.36 Å². The average molecular weight is 475 g/mol. The zero-order valence-corrected chi connectivity index (χ0v) is 15.8. The van der Waals surface area contributed by atoms with Gasteiger partial charge in [-0.1, -0.05) is 0 Å². The topological polar surface area (TPSA) is 72.7 Å². The highest BCUT2D eigenvalue weighted by molar-refractivity contribution is 9.10. The minimum atomic E-state index is -4.84. The van der Waals surface area contributed by atoms with Crippen LogP contribution in [0.2, 0.25) is 0 Å². The molecule has 0 saturated heterocycles. The number of ether oxygens (including phenoxy) is 2. The van der Waals surface area contributed by atoms with Crippen LogP contribution in [0.5, 0.6) is 17.2 Å². The van der Waals surface area contributed by atoms with Crippen molar-refractivity contribution < 1.29 is 37.0 Å². The van der Waals surface area contributed by atoms with Crippen LogP contribution in [0.3, 0.4) is 0 Å². The zero-order chi connectivity index (χ0) is 21.2. The maximum Gasteiger partial charge on any atom is 0.573 e. The molecule has 0 aliphatic rings. The first kappa shape index (κ1) is 20.5. The second kappa shape index (κ2) is 8.03. The van der Waals surface area contributed by atoms with Crippen LogP contribution in [0.4, 0.5) is 23.2 Å². The van der Waals surface area contributed by atoms with E-state index >= 15 is 0 Å². The van der Waals surface area contributed by atoms with Gasteiger partial charge in [0.25, 0.3) is 5.91 Å². The molecule has 1 aromatic heterocycles. The number of carbonyl (C=O) groups is 1. The van der Waals surface area contributed by atoms with Crippen molar-refractivity contribution in [3.63, 3.8) is 0 Å². The normalized spacial score (nSPS) is 11.2. The van der Waals surface area contributed by atoms with Gasteiger partial charge < -0.3 is 20.0 Å². The molecule has 2 N–H and O–H groups in total. The molecular weight excluding hydrogens is 464 g/mol. The lowest BCUT2D eigenvalue weighted by Crippen LogP contribution is -2.17. The third kappa shape index (κ3) is 5.19. The average Bonchev–Trinajstić information content (AvgIpc) is 3.03. The third-order valence-electron chi connectivity index (χ3n) is 3.50. The Balaban J connectivity index is 1.86. The number of hydrogen-bond donors (Lipinski definition) is 2. The summed E-state index contributed by atoms with van der Waals surface area (Å²) >= 11 is 2.98. The molecule has 3 rings (SSSR count). The molecule has 29 heavy (non-hydrogen) atoms. The Morgan fingerprint density at radius 3 is 2.31 bits per heavy atom. The first-order chi connectivity index (χ1) is 13.6. The molecular formula is C18H11BrF4N2O4. The lowest BCUT2D eigenvalue weighted by molar-refractivity contribution is -0.274. The molecule has 0 radical (unpaired) electrons. The van der Waals surface area contributed by atoms with Gasteiger partial charge in [-0.3, -0.25) is 4.79 Å². The minimum absolute atomic E-state index is 0.00338. The SMILES string of the molecule is O=C(Nc1ccn(O)c1)c1c(Oc2ccc(OC(F)(F)F)cc2)ccc(Br)c1F. The van der Waals surface area contributed by atoms with Gasteiger partial charge in [0.05, 0.1) is 16.4 Å². The summed E-state index contributed by atoms with van der Waals surface area (Å²) in [5, 5.41) is 11.7. The Morgan fingerprint density at radius 1 is 1.07 bits per heavy atom. The molecule has 152 valence electrons. The van der Waals surface area contributed by atoms with Crippen LogP contribution < -0.4 is 14.8 Å². The van der Waals surface area contributed by atoms with E-state index in [-0.39, 0.29) is 21.7 Å². The van der Waals surface area contributed by atoms with E-state index in [1.54, 1.807) is 0 Å². The van der Waals surface area contributed by atoms with Crippen molar-refractivity contribution >= 4 is 27.5 Å². The van der Waals surface area contributed by atoms with Gasteiger partial charge in [0.1, 0.15) is 22.8 Å². The van der Waals surface area contributed by atoms with Crippen molar-refractivity contribution in [2.24, 2.45) is 0 Å². The summed E-state index contributed by atoms with van der Waals surface area (Å²) < 4.78 is 61.2. The molecule has 0 saturated carbocycles. The predicted octanol–water partition coefficient (Wildman–Crippen LogP) is 5.57. The van der Waals surface area contributed by atoms with E-state index in [4.69, 9.17) is 4.74 Å². The Morgan fingerprint density at radius 2 is 1.72 bits per heavy atom. The molecule has 3 aromatic rings. The van der Waals surface area contributed by atoms with E-state index < -0.39 is 29.4 Å². The largest absolute Gasteiger partial charge is 0.573 e. The van der Waals surface area contributed by atoms with Gasteiger partial charge in [0.2, 0.25) is 0 Å². The molecule has 11 heteroatoms. The van der Waals surface area contributed by atoms with Crippen LogP contribution in [0.25, 0.3) is 0 Å². The number of anilines is 1. The number of rotatable bonds is 5. The Bertz CT molecular complexity index is 1040. The van der Waals surface area contributed by atoms with Crippen molar-refractivity contribution in [3.8, 4) is 17.2 Å². The minimum Gasteiger partial charge on any atom is -0.456 e. The maximum atomic E-state index is 14.6. The quantitative estimate of drug-likeness (QED) is 0.374. The van der Waals surface area contributed by atoms with Gasteiger partial charge in [-0.2, -0.15) is 4.73 Å². The van der Waals surface area contributed by atoms with E-state index in [2.05, 4.69) is 26.0 Å². The highest BCUT2D eigenvalue weighted by Crippen LogP contribution is 2.33. The Hall–Kier alpha value is -3.21. The highest BCUT2D eigenvalue weighted by atomic mass is 79.9. The van der Waals surface area contributed by atoms with E-state index in [0.29, 0.717) is 4.73 Å². The lowest BCUT2D eigenvalue weighted by Gasteiger charge is -2.14. The molecule has 2 aromatic carbocycles. The highest BCUT2D eigenvalue weighted by Gasteiger charge is 2.31. The number of amides is 1. The summed E-state index contributed by atoms with van der Waals surface area (Å²) in [5.74, 6) is -2.34. The third-order valence-corrected chi connectivity index (χ3v) is 4.12. The Labute approximate surface area is 169 Å². The van der Waals surface area contributed by atoms with Crippen molar-refractivity contribution in [1.82, 2.24) is 4.73 Å². The number of hydrogen-bond acceptors (Lipinski definition) is 4. The fraction of sp³-hybridized carbons (Fsp3) is 0.0556. The van der Waals surface area contributed by atoms with Gasteiger partial charge in [-0.05, 0) is 58.4 Å². The number of nitrogens with zero attached hydrogens (tertiary/aromatic N) is 1. The Kier molecular flexibility index (Phi) is 5.69. The first-order valence-electron chi connectivity index (χ1n) is 7.82. The zero-order valence-electron chi connectivity index (χ0n) is 14.2. The number of carbonyl (C=O) groups excluding carboxylic acids is 1. The van der Waals surface area contributed by atoms with E-state index in [1.807, 2.05) is 0 Å². The van der Waals surface area contributed by atoms with Crippen LogP contribution in [-0.4, -0.2) is 22.2 Å². The second-order valence-corrected chi connectivity index (χ2v) is 6.44. The monoisotopic (exact) mass is 474 g/mol. The smallest absolute Gasteiger partial charge is 0.456 e. The van der Waals surface area contributed by atoms with E-state index in [9.17, 15) is 27.6 Å². The molecule has 6 nitrogen and oxygen atoms in total. The molecule has 0 aliphatic carbocycles. The molecule has 0 fully saturated rings. The van der Waals surface area contributed by atoms with E-state index in [0.717, 1.165) is 12.1 Å². The number of halogens is 5. The van der Waals surface area contributed by atoms with Crippen molar-refractivity contribution in [3.05, 3.63) is 70.7 Å². The summed E-state index contributed by atoms with van der Waals surface area (Å²) in [6.45, 7) is 0. The first-order valence-corrected chi connectivity index (χ1v) is 8.62. The molecule has 0 spiro atoms. The van der Waals surface area contributed by atoms with Crippen LogP contribution in [0.15, 0.2) is 59.3 Å². The van der Waals surface area contributed by atoms with Gasteiger partial charge in [0.15, 0.2) is 5.82 Å². The molecule has 0 atom stereocenters. The molecule has 1 heterocycles. The van der Waals surface area contributed by atoms with Gasteiger partial charge in [0, 0.05) is 6.20 Å². The lowest BCUT2D eigenvalue weighted by atomic mass is 10.1. The molecule has 0 bridgehead atoms. The standard InChI is InChI=1S/C18H11BrF4N2O4/c19-13-5-6-14(28-11-1-3-12(4-2-11)29-18(21,22)23)15(16(13)20)17(26)24-10-7-8-25(27)9-10/h1-9,27H,(H,24,26). The maximum absolute atomic E-state index is 14.6. The number of alkyl halides is 3. The van der Waals surface area contributed by atoms with E-state index in [1.165, 1.54) is 42.7 Å².